The van der Waals surface area contributed by atoms with Crippen molar-refractivity contribution >= 4 is 5.91 Å². The van der Waals surface area contributed by atoms with Gasteiger partial charge in [-0.1, -0.05) is 0 Å². The highest BCUT2D eigenvalue weighted by atomic mass is 16.5. The lowest BCUT2D eigenvalue weighted by atomic mass is 10.1. The van der Waals surface area contributed by atoms with Crippen LogP contribution in [0.15, 0.2) is 24.3 Å². The van der Waals surface area contributed by atoms with E-state index in [9.17, 15) is 9.90 Å². The van der Waals surface area contributed by atoms with Crippen molar-refractivity contribution in [1.82, 2.24) is 4.90 Å². The van der Waals surface area contributed by atoms with Crippen molar-refractivity contribution < 1.29 is 19.4 Å². The summed E-state index contributed by atoms with van der Waals surface area (Å²) >= 11 is 0. The summed E-state index contributed by atoms with van der Waals surface area (Å²) in [7, 11) is 1.60. The van der Waals surface area contributed by atoms with Crippen molar-refractivity contribution in [1.29, 1.82) is 0 Å². The number of piperidine rings is 1. The number of ether oxygens (including phenoxy) is 2. The topological polar surface area (TPSA) is 59.0 Å². The van der Waals surface area contributed by atoms with E-state index in [4.69, 9.17) is 9.47 Å². The minimum atomic E-state index is -0.561. The molecule has 0 spiro atoms. The molecule has 0 radical (unpaired) electrons. The minimum absolute atomic E-state index is 0.0837. The molecule has 110 valence electrons. The van der Waals surface area contributed by atoms with E-state index in [1.165, 1.54) is 0 Å². The Morgan fingerprint density at radius 3 is 2.60 bits per heavy atom. The highest BCUT2D eigenvalue weighted by molar-refractivity contribution is 5.81. The molecule has 2 rings (SSSR count). The third-order valence-corrected chi connectivity index (χ3v) is 3.43. The van der Waals surface area contributed by atoms with Crippen LogP contribution in [0.4, 0.5) is 0 Å². The second kappa shape index (κ2) is 6.61. The van der Waals surface area contributed by atoms with Crippen LogP contribution in [-0.4, -0.2) is 48.3 Å². The van der Waals surface area contributed by atoms with Crippen LogP contribution in [0.2, 0.25) is 0 Å². The van der Waals surface area contributed by atoms with Gasteiger partial charge >= 0.3 is 0 Å². The molecule has 1 aliphatic heterocycles. The first-order valence-electron chi connectivity index (χ1n) is 6.87. The number of nitrogens with zero attached hydrogens (tertiary/aromatic N) is 1. The molecule has 0 bridgehead atoms. The van der Waals surface area contributed by atoms with Gasteiger partial charge in [-0.2, -0.15) is 0 Å². The lowest BCUT2D eigenvalue weighted by Gasteiger charge is -2.32. The molecule has 0 aliphatic carbocycles. The molecule has 1 N–H and O–H groups in total. The second-order valence-electron chi connectivity index (χ2n) is 5.02. The molecule has 1 aliphatic rings. The Hall–Kier alpha value is -1.75. The average molecular weight is 279 g/mol. The fourth-order valence-electron chi connectivity index (χ4n) is 2.32. The summed E-state index contributed by atoms with van der Waals surface area (Å²) in [5.74, 6) is 1.29. The molecule has 5 heteroatoms. The van der Waals surface area contributed by atoms with Crippen LogP contribution in [0.5, 0.6) is 11.5 Å². The van der Waals surface area contributed by atoms with Crippen LogP contribution in [0.3, 0.4) is 0 Å². The third kappa shape index (κ3) is 3.63. The molecule has 1 aromatic rings. The number of likely N-dealkylation sites (tertiary alicyclic amines) is 1. The molecule has 5 nitrogen and oxygen atoms in total. The van der Waals surface area contributed by atoms with Gasteiger partial charge in [0.1, 0.15) is 11.5 Å². The zero-order valence-electron chi connectivity index (χ0n) is 11.9. The van der Waals surface area contributed by atoms with E-state index in [1.807, 2.05) is 0 Å². The van der Waals surface area contributed by atoms with Crippen molar-refractivity contribution in [3.8, 4) is 11.5 Å². The minimum Gasteiger partial charge on any atom is -0.497 e. The van der Waals surface area contributed by atoms with Crippen LogP contribution in [0.25, 0.3) is 0 Å². The number of rotatable bonds is 4. The molecular formula is C15H21NO4. The number of aliphatic hydroxyl groups is 1. The highest BCUT2D eigenvalue weighted by Gasteiger charge is 2.26. The molecule has 1 aromatic carbocycles. The monoisotopic (exact) mass is 279 g/mol. The number of hydrogen-bond donors (Lipinski definition) is 1. The van der Waals surface area contributed by atoms with E-state index in [0.29, 0.717) is 18.8 Å². The fraction of sp³-hybridized carbons (Fsp3) is 0.533. The van der Waals surface area contributed by atoms with Crippen LogP contribution in [0, 0.1) is 0 Å². The predicted molar refractivity (Wildman–Crippen MR) is 74.9 cm³/mol. The maximum atomic E-state index is 12.2. The first-order valence-corrected chi connectivity index (χ1v) is 6.87. The van der Waals surface area contributed by atoms with Gasteiger partial charge in [-0.3, -0.25) is 4.79 Å². The summed E-state index contributed by atoms with van der Waals surface area (Å²) in [6.07, 6.45) is 0.620. The number of carbonyl (C=O) groups is 1. The third-order valence-electron chi connectivity index (χ3n) is 3.43. The molecule has 2 atom stereocenters. The molecule has 0 saturated carbocycles. The van der Waals surface area contributed by atoms with E-state index >= 15 is 0 Å². The van der Waals surface area contributed by atoms with Crippen LogP contribution >= 0.6 is 0 Å². The van der Waals surface area contributed by atoms with Crippen molar-refractivity contribution in [3.05, 3.63) is 24.3 Å². The summed E-state index contributed by atoms with van der Waals surface area (Å²) in [5.41, 5.74) is 0. The lowest BCUT2D eigenvalue weighted by Crippen LogP contribution is -2.47. The number of β-amino-alcohol motifs (C(OH)–C–C–N with tert-alkyl or cyclic N) is 1. The van der Waals surface area contributed by atoms with Gasteiger partial charge in [0.2, 0.25) is 0 Å². The largest absolute Gasteiger partial charge is 0.497 e. The van der Waals surface area contributed by atoms with E-state index in [-0.39, 0.29) is 5.91 Å². The predicted octanol–water partition coefficient (Wildman–Crippen LogP) is 1.45. The Morgan fingerprint density at radius 2 is 2.00 bits per heavy atom. The molecule has 20 heavy (non-hydrogen) atoms. The van der Waals surface area contributed by atoms with Crippen LogP contribution < -0.4 is 9.47 Å². The van der Waals surface area contributed by atoms with Crippen molar-refractivity contribution in [2.75, 3.05) is 20.2 Å². The number of methoxy groups -OCH3 is 1. The normalized spacial score (nSPS) is 20.4. The maximum absolute atomic E-state index is 12.2. The number of aliphatic hydroxyl groups excluding tert-OH is 1. The standard InChI is InChI=1S/C15H21NO4/c1-11(15(18)16-9-3-4-12(17)10-16)20-14-7-5-13(19-2)6-8-14/h5-8,11-12,17H,3-4,9-10H2,1-2H3/t11?,12-/m0/s1. The average Bonchev–Trinajstić information content (AvgIpc) is 2.47. The van der Waals surface area contributed by atoms with Gasteiger partial charge in [0.25, 0.3) is 5.91 Å². The molecule has 1 saturated heterocycles. The molecular weight excluding hydrogens is 258 g/mol. The maximum Gasteiger partial charge on any atom is 0.263 e. The van der Waals surface area contributed by atoms with Gasteiger partial charge in [-0.25, -0.2) is 0 Å². The zero-order chi connectivity index (χ0) is 14.5. The summed E-state index contributed by atoms with van der Waals surface area (Å²) < 4.78 is 10.7. The SMILES string of the molecule is COc1ccc(OC(C)C(=O)N2CCC[C@H](O)C2)cc1. The smallest absolute Gasteiger partial charge is 0.263 e. The molecule has 1 unspecified atom stereocenters. The van der Waals surface area contributed by atoms with E-state index in [0.717, 1.165) is 18.6 Å². The summed E-state index contributed by atoms with van der Waals surface area (Å²) in [4.78, 5) is 13.9. The van der Waals surface area contributed by atoms with Crippen molar-refractivity contribution in [3.63, 3.8) is 0 Å². The van der Waals surface area contributed by atoms with Gasteiger partial charge in [0.05, 0.1) is 13.2 Å². The molecule has 1 heterocycles. The molecule has 1 amide bonds. The van der Waals surface area contributed by atoms with Crippen LogP contribution in [0.1, 0.15) is 19.8 Å². The number of carbonyl (C=O) groups excluding carboxylic acids is 1. The van der Waals surface area contributed by atoms with E-state index in [2.05, 4.69) is 0 Å². The Bertz CT molecular complexity index is 446. The summed E-state index contributed by atoms with van der Waals surface area (Å²) in [5, 5.41) is 9.61. The first kappa shape index (κ1) is 14.7. The lowest BCUT2D eigenvalue weighted by molar-refractivity contribution is -0.141. The summed E-state index contributed by atoms with van der Waals surface area (Å²) in [6, 6.07) is 7.12. The van der Waals surface area contributed by atoms with Gasteiger partial charge < -0.3 is 19.5 Å². The Labute approximate surface area is 119 Å². The molecule has 0 aromatic heterocycles. The Balaban J connectivity index is 1.92. The van der Waals surface area contributed by atoms with Crippen molar-refractivity contribution in [2.24, 2.45) is 0 Å². The van der Waals surface area contributed by atoms with E-state index in [1.54, 1.807) is 43.2 Å². The van der Waals surface area contributed by atoms with Gasteiger partial charge in [-0.05, 0) is 44.0 Å². The van der Waals surface area contributed by atoms with Gasteiger partial charge in [-0.15, -0.1) is 0 Å². The first-order chi connectivity index (χ1) is 9.60. The van der Waals surface area contributed by atoms with Gasteiger partial charge in [0.15, 0.2) is 6.10 Å². The Kier molecular flexibility index (Phi) is 4.84. The molecule has 1 fully saturated rings. The zero-order valence-corrected chi connectivity index (χ0v) is 11.9. The highest BCUT2D eigenvalue weighted by Crippen LogP contribution is 2.19. The number of amides is 1. The second-order valence-corrected chi connectivity index (χ2v) is 5.02. The number of hydrogen-bond acceptors (Lipinski definition) is 4. The van der Waals surface area contributed by atoms with Crippen LogP contribution in [-0.2, 0) is 4.79 Å². The Morgan fingerprint density at radius 1 is 1.35 bits per heavy atom. The van der Waals surface area contributed by atoms with E-state index < -0.39 is 12.2 Å². The van der Waals surface area contributed by atoms with Gasteiger partial charge in [0, 0.05) is 13.1 Å². The van der Waals surface area contributed by atoms with Crippen molar-refractivity contribution in [2.45, 2.75) is 32.0 Å². The number of benzene rings is 1. The summed E-state index contributed by atoms with van der Waals surface area (Å²) in [6.45, 7) is 2.81. The quantitative estimate of drug-likeness (QED) is 0.906. The fourth-order valence-corrected chi connectivity index (χ4v) is 2.32.